The van der Waals surface area contributed by atoms with Crippen LogP contribution >= 0.6 is 0 Å². The fourth-order valence-electron chi connectivity index (χ4n) is 2.59. The molecular formula is C15H22N2O4S. The largest absolute Gasteiger partial charge is 0.375 e. The molecule has 1 aromatic carbocycles. The third kappa shape index (κ3) is 3.98. The Morgan fingerprint density at radius 1 is 1.41 bits per heavy atom. The number of ether oxygens (including phenoxy) is 1. The minimum absolute atomic E-state index is 0.0439. The first-order chi connectivity index (χ1) is 10.3. The van der Waals surface area contributed by atoms with E-state index in [1.54, 1.807) is 23.1 Å². The SMILES string of the molecule is COCC(=O)N1CCc2cc(NS(=O)(=O)CC(C)C)ccc21. The molecule has 7 heteroatoms. The molecule has 1 aromatic rings. The number of amides is 1. The number of anilines is 2. The number of methoxy groups -OCH3 is 1. The molecular weight excluding hydrogens is 304 g/mol. The minimum Gasteiger partial charge on any atom is -0.375 e. The van der Waals surface area contributed by atoms with Gasteiger partial charge in [0.15, 0.2) is 0 Å². The van der Waals surface area contributed by atoms with Crippen molar-refractivity contribution in [1.29, 1.82) is 0 Å². The maximum Gasteiger partial charge on any atom is 0.252 e. The first-order valence-electron chi connectivity index (χ1n) is 7.25. The van der Waals surface area contributed by atoms with E-state index in [-0.39, 0.29) is 24.2 Å². The number of benzene rings is 1. The Hall–Kier alpha value is -1.60. The number of rotatable bonds is 6. The normalized spacial score (nSPS) is 14.3. The molecule has 0 unspecified atom stereocenters. The van der Waals surface area contributed by atoms with Gasteiger partial charge in [-0.25, -0.2) is 8.42 Å². The van der Waals surface area contributed by atoms with Crippen LogP contribution in [0.5, 0.6) is 0 Å². The topological polar surface area (TPSA) is 75.7 Å². The van der Waals surface area contributed by atoms with Gasteiger partial charge in [-0.15, -0.1) is 0 Å². The molecule has 1 amide bonds. The van der Waals surface area contributed by atoms with Crippen LogP contribution < -0.4 is 9.62 Å². The Kier molecular flexibility index (Phi) is 5.08. The summed E-state index contributed by atoms with van der Waals surface area (Å²) < 4.78 is 31.4. The molecule has 1 aliphatic rings. The second-order valence-corrected chi connectivity index (χ2v) is 7.62. The molecule has 0 atom stereocenters. The van der Waals surface area contributed by atoms with E-state index in [0.717, 1.165) is 11.3 Å². The number of carbonyl (C=O) groups is 1. The van der Waals surface area contributed by atoms with Gasteiger partial charge in [0.25, 0.3) is 5.91 Å². The van der Waals surface area contributed by atoms with E-state index in [1.165, 1.54) is 7.11 Å². The number of fused-ring (bicyclic) bond motifs is 1. The van der Waals surface area contributed by atoms with Gasteiger partial charge in [-0.05, 0) is 36.1 Å². The van der Waals surface area contributed by atoms with E-state index in [2.05, 4.69) is 4.72 Å². The molecule has 0 saturated carbocycles. The van der Waals surface area contributed by atoms with Crippen LogP contribution in [0, 0.1) is 5.92 Å². The third-order valence-electron chi connectivity index (χ3n) is 3.37. The monoisotopic (exact) mass is 326 g/mol. The van der Waals surface area contributed by atoms with Crippen molar-refractivity contribution >= 4 is 27.3 Å². The van der Waals surface area contributed by atoms with Crippen LogP contribution in [-0.2, 0) is 26.0 Å². The Morgan fingerprint density at radius 3 is 2.77 bits per heavy atom. The van der Waals surface area contributed by atoms with Crippen molar-refractivity contribution in [2.24, 2.45) is 5.92 Å². The van der Waals surface area contributed by atoms with E-state index in [4.69, 9.17) is 4.74 Å². The quantitative estimate of drug-likeness (QED) is 0.862. The molecule has 1 heterocycles. The van der Waals surface area contributed by atoms with Crippen LogP contribution in [0.2, 0.25) is 0 Å². The van der Waals surface area contributed by atoms with Gasteiger partial charge in [-0.1, -0.05) is 13.8 Å². The summed E-state index contributed by atoms with van der Waals surface area (Å²) in [6.45, 7) is 4.37. The van der Waals surface area contributed by atoms with Crippen molar-refractivity contribution in [1.82, 2.24) is 0 Å². The second-order valence-electron chi connectivity index (χ2n) is 5.85. The average Bonchev–Trinajstić information content (AvgIpc) is 2.79. The van der Waals surface area contributed by atoms with E-state index < -0.39 is 10.0 Å². The lowest BCUT2D eigenvalue weighted by molar-refractivity contribution is -0.122. The van der Waals surface area contributed by atoms with Crippen LogP contribution in [0.1, 0.15) is 19.4 Å². The van der Waals surface area contributed by atoms with Gasteiger partial charge in [-0.3, -0.25) is 9.52 Å². The molecule has 0 radical (unpaired) electrons. The fraction of sp³-hybridized carbons (Fsp3) is 0.533. The first kappa shape index (κ1) is 16.8. The molecule has 2 rings (SSSR count). The predicted molar refractivity (Wildman–Crippen MR) is 86.6 cm³/mol. The van der Waals surface area contributed by atoms with Crippen molar-refractivity contribution in [3.8, 4) is 0 Å². The maximum atomic E-state index is 12.0. The summed E-state index contributed by atoms with van der Waals surface area (Å²) in [6, 6.07) is 5.27. The van der Waals surface area contributed by atoms with Crippen molar-refractivity contribution in [2.45, 2.75) is 20.3 Å². The lowest BCUT2D eigenvalue weighted by atomic mass is 10.1. The van der Waals surface area contributed by atoms with E-state index in [0.29, 0.717) is 18.7 Å². The van der Waals surface area contributed by atoms with Gasteiger partial charge >= 0.3 is 0 Å². The Balaban J connectivity index is 2.15. The highest BCUT2D eigenvalue weighted by Crippen LogP contribution is 2.31. The molecule has 6 nitrogen and oxygen atoms in total. The zero-order chi connectivity index (χ0) is 16.3. The molecule has 0 fully saturated rings. The summed E-state index contributed by atoms with van der Waals surface area (Å²) in [4.78, 5) is 13.6. The van der Waals surface area contributed by atoms with E-state index >= 15 is 0 Å². The highest BCUT2D eigenvalue weighted by atomic mass is 32.2. The standard InChI is InChI=1S/C15H22N2O4S/c1-11(2)10-22(19,20)16-13-4-5-14-12(8-13)6-7-17(14)15(18)9-21-3/h4-5,8,11,16H,6-7,9-10H2,1-3H3. The first-order valence-corrected chi connectivity index (χ1v) is 8.90. The van der Waals surface area contributed by atoms with Gasteiger partial charge < -0.3 is 9.64 Å². The van der Waals surface area contributed by atoms with Crippen LogP contribution in [0.15, 0.2) is 18.2 Å². The molecule has 0 spiro atoms. The number of nitrogens with zero attached hydrogens (tertiary/aromatic N) is 1. The highest BCUT2D eigenvalue weighted by Gasteiger charge is 2.25. The number of hydrogen-bond acceptors (Lipinski definition) is 4. The van der Waals surface area contributed by atoms with Crippen LogP contribution in [-0.4, -0.2) is 40.3 Å². The number of sulfonamides is 1. The number of carbonyl (C=O) groups excluding carboxylic acids is 1. The van der Waals surface area contributed by atoms with Gasteiger partial charge in [0.1, 0.15) is 6.61 Å². The summed E-state index contributed by atoms with van der Waals surface area (Å²) >= 11 is 0. The van der Waals surface area contributed by atoms with Gasteiger partial charge in [0.2, 0.25) is 10.0 Å². The summed E-state index contributed by atoms with van der Waals surface area (Å²) in [5, 5.41) is 0. The predicted octanol–water partition coefficient (Wildman–Crippen LogP) is 1.62. The van der Waals surface area contributed by atoms with Crippen molar-refractivity contribution < 1.29 is 17.9 Å². The van der Waals surface area contributed by atoms with Gasteiger partial charge in [-0.2, -0.15) is 0 Å². The highest BCUT2D eigenvalue weighted by molar-refractivity contribution is 7.92. The summed E-state index contributed by atoms with van der Waals surface area (Å²) in [6.07, 6.45) is 0.713. The van der Waals surface area contributed by atoms with Crippen LogP contribution in [0.4, 0.5) is 11.4 Å². The molecule has 1 aliphatic heterocycles. The molecule has 1 N–H and O–H groups in total. The third-order valence-corrected chi connectivity index (χ3v) is 5.02. The molecule has 22 heavy (non-hydrogen) atoms. The van der Waals surface area contributed by atoms with Crippen LogP contribution in [0.3, 0.4) is 0 Å². The second kappa shape index (κ2) is 6.66. The summed E-state index contributed by atoms with van der Waals surface area (Å²) in [7, 11) is -1.85. The zero-order valence-corrected chi connectivity index (χ0v) is 13.9. The molecule has 0 saturated heterocycles. The number of nitrogens with one attached hydrogen (secondary N) is 1. The summed E-state index contributed by atoms with van der Waals surface area (Å²) in [5.41, 5.74) is 2.34. The van der Waals surface area contributed by atoms with E-state index in [1.807, 2.05) is 13.8 Å². The Morgan fingerprint density at radius 2 is 2.14 bits per heavy atom. The Bertz CT molecular complexity index is 656. The van der Waals surface area contributed by atoms with Crippen LogP contribution in [0.25, 0.3) is 0 Å². The fourth-order valence-corrected chi connectivity index (χ4v) is 4.03. The Labute approximate surface area is 131 Å². The van der Waals surface area contributed by atoms with E-state index in [9.17, 15) is 13.2 Å². The number of hydrogen-bond donors (Lipinski definition) is 1. The average molecular weight is 326 g/mol. The lowest BCUT2D eigenvalue weighted by Crippen LogP contribution is -2.31. The molecule has 122 valence electrons. The van der Waals surface area contributed by atoms with Crippen molar-refractivity contribution in [3.63, 3.8) is 0 Å². The minimum atomic E-state index is -3.34. The summed E-state index contributed by atoms with van der Waals surface area (Å²) in [5.74, 6) is 0.0613. The molecule has 0 aromatic heterocycles. The lowest BCUT2D eigenvalue weighted by Gasteiger charge is -2.17. The van der Waals surface area contributed by atoms with Crippen molar-refractivity contribution in [2.75, 3.05) is 35.6 Å². The molecule has 0 aliphatic carbocycles. The molecule has 0 bridgehead atoms. The van der Waals surface area contributed by atoms with Crippen molar-refractivity contribution in [3.05, 3.63) is 23.8 Å². The maximum absolute atomic E-state index is 12.0. The smallest absolute Gasteiger partial charge is 0.252 e. The van der Waals surface area contributed by atoms with Gasteiger partial charge in [0.05, 0.1) is 5.75 Å². The van der Waals surface area contributed by atoms with Gasteiger partial charge in [0, 0.05) is 25.0 Å². The zero-order valence-electron chi connectivity index (χ0n) is 13.1.